The van der Waals surface area contributed by atoms with Crippen LogP contribution in [0.15, 0.2) is 4.99 Å². The molecular formula is C16H29F3IN3O2. The highest BCUT2D eigenvalue weighted by molar-refractivity contribution is 14.0. The lowest BCUT2D eigenvalue weighted by Gasteiger charge is -2.31. The Hall–Kier alpha value is -0.290. The Morgan fingerprint density at radius 3 is 2.68 bits per heavy atom. The van der Waals surface area contributed by atoms with Crippen molar-refractivity contribution in [2.45, 2.75) is 56.8 Å². The maximum atomic E-state index is 12.8. The Kier molecular flexibility index (Phi) is 10.4. The highest BCUT2D eigenvalue weighted by Gasteiger charge is 2.42. The van der Waals surface area contributed by atoms with E-state index in [4.69, 9.17) is 9.47 Å². The summed E-state index contributed by atoms with van der Waals surface area (Å²) >= 11 is 0. The third-order valence-corrected chi connectivity index (χ3v) is 4.57. The second-order valence-corrected chi connectivity index (χ2v) is 6.46. The van der Waals surface area contributed by atoms with Crippen molar-refractivity contribution in [2.75, 3.05) is 33.4 Å². The SMILES string of the molecule is CN=C(NCCOCC1CCCO1)NC1CCCC(C(F)(F)F)C1.I. The summed E-state index contributed by atoms with van der Waals surface area (Å²) < 4.78 is 49.6. The van der Waals surface area contributed by atoms with Crippen molar-refractivity contribution in [1.29, 1.82) is 0 Å². The van der Waals surface area contributed by atoms with E-state index < -0.39 is 12.1 Å². The average Bonchev–Trinajstić information content (AvgIpc) is 3.06. The summed E-state index contributed by atoms with van der Waals surface area (Å²) in [5.41, 5.74) is 0. The zero-order valence-electron chi connectivity index (χ0n) is 14.6. The Labute approximate surface area is 164 Å². The number of nitrogens with zero attached hydrogens (tertiary/aromatic N) is 1. The van der Waals surface area contributed by atoms with Crippen molar-refractivity contribution in [3.63, 3.8) is 0 Å². The van der Waals surface area contributed by atoms with E-state index in [0.717, 1.165) is 25.9 Å². The Bertz CT molecular complexity index is 405. The van der Waals surface area contributed by atoms with E-state index in [1.807, 2.05) is 0 Å². The quantitative estimate of drug-likeness (QED) is 0.266. The molecule has 2 N–H and O–H groups in total. The van der Waals surface area contributed by atoms with Crippen LogP contribution in [0.4, 0.5) is 13.2 Å². The summed E-state index contributed by atoms with van der Waals surface area (Å²) in [5, 5.41) is 6.19. The van der Waals surface area contributed by atoms with Crippen molar-refractivity contribution in [2.24, 2.45) is 10.9 Å². The van der Waals surface area contributed by atoms with E-state index in [-0.39, 0.29) is 49.0 Å². The average molecular weight is 479 g/mol. The molecule has 1 heterocycles. The van der Waals surface area contributed by atoms with Crippen LogP contribution in [0.25, 0.3) is 0 Å². The van der Waals surface area contributed by atoms with Crippen molar-refractivity contribution >= 4 is 29.9 Å². The Balaban J connectivity index is 0.00000312. The lowest BCUT2D eigenvalue weighted by molar-refractivity contribution is -0.183. The zero-order valence-corrected chi connectivity index (χ0v) is 16.9. The fourth-order valence-corrected chi connectivity index (χ4v) is 3.24. The molecule has 0 spiro atoms. The number of hydrogen-bond acceptors (Lipinski definition) is 3. The van der Waals surface area contributed by atoms with Gasteiger partial charge in [-0.2, -0.15) is 13.2 Å². The number of aliphatic imine (C=N–C) groups is 1. The fourth-order valence-electron chi connectivity index (χ4n) is 3.24. The molecule has 0 amide bonds. The van der Waals surface area contributed by atoms with E-state index >= 15 is 0 Å². The molecule has 9 heteroatoms. The van der Waals surface area contributed by atoms with Crippen molar-refractivity contribution in [3.05, 3.63) is 0 Å². The number of rotatable bonds is 6. The predicted octanol–water partition coefficient (Wildman–Crippen LogP) is 3.09. The van der Waals surface area contributed by atoms with Crippen LogP contribution in [0.1, 0.15) is 38.5 Å². The monoisotopic (exact) mass is 479 g/mol. The summed E-state index contributed by atoms with van der Waals surface area (Å²) in [6.45, 7) is 2.46. The summed E-state index contributed by atoms with van der Waals surface area (Å²) in [7, 11) is 1.62. The molecule has 0 aromatic carbocycles. The van der Waals surface area contributed by atoms with Gasteiger partial charge in [0.25, 0.3) is 0 Å². The van der Waals surface area contributed by atoms with Gasteiger partial charge in [-0.3, -0.25) is 4.99 Å². The topological polar surface area (TPSA) is 54.9 Å². The molecular weight excluding hydrogens is 450 g/mol. The van der Waals surface area contributed by atoms with Gasteiger partial charge in [0.15, 0.2) is 5.96 Å². The minimum Gasteiger partial charge on any atom is -0.377 e. The van der Waals surface area contributed by atoms with Crippen molar-refractivity contribution < 1.29 is 22.6 Å². The summed E-state index contributed by atoms with van der Waals surface area (Å²) in [6, 6.07) is -0.190. The maximum absolute atomic E-state index is 12.8. The third kappa shape index (κ3) is 8.29. The molecule has 0 bridgehead atoms. The number of guanidine groups is 1. The first-order valence-corrected chi connectivity index (χ1v) is 8.72. The predicted molar refractivity (Wildman–Crippen MR) is 102 cm³/mol. The van der Waals surface area contributed by atoms with E-state index in [9.17, 15) is 13.2 Å². The van der Waals surface area contributed by atoms with Crippen LogP contribution in [0.3, 0.4) is 0 Å². The second kappa shape index (κ2) is 11.4. The summed E-state index contributed by atoms with van der Waals surface area (Å²) in [4.78, 5) is 4.08. The molecule has 2 aliphatic rings. The standard InChI is InChI=1S/C16H28F3N3O2.HI/c1-20-15(21-7-9-23-11-14-6-3-8-24-14)22-13-5-2-4-12(10-13)16(17,18)19;/h12-14H,2-11H2,1H3,(H2,20,21,22);1H. The fraction of sp³-hybridized carbons (Fsp3) is 0.938. The first-order chi connectivity index (χ1) is 11.5. The Morgan fingerprint density at radius 1 is 1.24 bits per heavy atom. The van der Waals surface area contributed by atoms with E-state index in [1.54, 1.807) is 7.05 Å². The molecule has 148 valence electrons. The molecule has 25 heavy (non-hydrogen) atoms. The molecule has 0 aromatic heterocycles. The molecule has 5 nitrogen and oxygen atoms in total. The van der Waals surface area contributed by atoms with Crippen molar-refractivity contribution in [1.82, 2.24) is 10.6 Å². The minimum atomic E-state index is -4.10. The van der Waals surface area contributed by atoms with Gasteiger partial charge < -0.3 is 20.1 Å². The first kappa shape index (κ1) is 22.8. The van der Waals surface area contributed by atoms with Gasteiger partial charge in [0.2, 0.25) is 0 Å². The van der Waals surface area contributed by atoms with E-state index in [0.29, 0.717) is 32.1 Å². The minimum absolute atomic E-state index is 0. The molecule has 1 aliphatic carbocycles. The molecule has 2 fully saturated rings. The van der Waals surface area contributed by atoms with Gasteiger partial charge in [-0.05, 0) is 32.1 Å². The van der Waals surface area contributed by atoms with Gasteiger partial charge in [0, 0.05) is 26.2 Å². The van der Waals surface area contributed by atoms with Gasteiger partial charge >= 0.3 is 6.18 Å². The van der Waals surface area contributed by atoms with Gasteiger partial charge in [0.1, 0.15) is 0 Å². The molecule has 1 saturated heterocycles. The Morgan fingerprint density at radius 2 is 2.04 bits per heavy atom. The van der Waals surface area contributed by atoms with Crippen LogP contribution < -0.4 is 10.6 Å². The number of hydrogen-bond donors (Lipinski definition) is 2. The van der Waals surface area contributed by atoms with Crippen LogP contribution in [0, 0.1) is 5.92 Å². The highest BCUT2D eigenvalue weighted by atomic mass is 127. The molecule has 3 atom stereocenters. The molecule has 3 unspecified atom stereocenters. The summed E-state index contributed by atoms with van der Waals surface area (Å²) in [6.07, 6.45) is -0.115. The van der Waals surface area contributed by atoms with Crippen LogP contribution >= 0.6 is 24.0 Å². The second-order valence-electron chi connectivity index (χ2n) is 6.46. The smallest absolute Gasteiger partial charge is 0.377 e. The summed E-state index contributed by atoms with van der Waals surface area (Å²) in [5.74, 6) is -0.680. The largest absolute Gasteiger partial charge is 0.391 e. The lowest BCUT2D eigenvalue weighted by Crippen LogP contribution is -2.47. The normalized spacial score (nSPS) is 27.7. The molecule has 0 radical (unpaired) electrons. The van der Waals surface area contributed by atoms with E-state index in [1.165, 1.54) is 0 Å². The van der Waals surface area contributed by atoms with Crippen LogP contribution in [0.5, 0.6) is 0 Å². The molecule has 1 aliphatic heterocycles. The third-order valence-electron chi connectivity index (χ3n) is 4.57. The highest BCUT2D eigenvalue weighted by Crippen LogP contribution is 2.37. The van der Waals surface area contributed by atoms with Gasteiger partial charge in [-0.15, -0.1) is 24.0 Å². The molecule has 1 saturated carbocycles. The van der Waals surface area contributed by atoms with Crippen LogP contribution in [0.2, 0.25) is 0 Å². The van der Waals surface area contributed by atoms with E-state index in [2.05, 4.69) is 15.6 Å². The zero-order chi connectivity index (χ0) is 17.4. The van der Waals surface area contributed by atoms with Gasteiger partial charge in [-0.25, -0.2) is 0 Å². The lowest BCUT2D eigenvalue weighted by atomic mass is 9.85. The molecule has 0 aromatic rings. The maximum Gasteiger partial charge on any atom is 0.391 e. The van der Waals surface area contributed by atoms with Crippen LogP contribution in [-0.2, 0) is 9.47 Å². The number of nitrogens with one attached hydrogen (secondary N) is 2. The van der Waals surface area contributed by atoms with Crippen molar-refractivity contribution in [3.8, 4) is 0 Å². The van der Waals surface area contributed by atoms with Crippen LogP contribution in [-0.4, -0.2) is 57.7 Å². The van der Waals surface area contributed by atoms with Gasteiger partial charge in [-0.1, -0.05) is 6.42 Å². The number of ether oxygens (including phenoxy) is 2. The first-order valence-electron chi connectivity index (χ1n) is 8.72. The van der Waals surface area contributed by atoms with Gasteiger partial charge in [0.05, 0.1) is 25.2 Å². The number of halogens is 4. The molecule has 2 rings (SSSR count). The number of alkyl halides is 3.